The van der Waals surface area contributed by atoms with Crippen LogP contribution in [-0.4, -0.2) is 31.1 Å². The van der Waals surface area contributed by atoms with Crippen molar-refractivity contribution in [3.63, 3.8) is 0 Å². The normalized spacial score (nSPS) is 23.0. The van der Waals surface area contributed by atoms with Gasteiger partial charge in [0.1, 0.15) is 11.9 Å². The van der Waals surface area contributed by atoms with E-state index in [0.29, 0.717) is 5.92 Å². The molecular formula is C18H20INO. The van der Waals surface area contributed by atoms with Crippen LogP contribution >= 0.6 is 22.6 Å². The first-order valence-corrected chi connectivity index (χ1v) is 8.46. The molecule has 1 heterocycles. The van der Waals surface area contributed by atoms with E-state index in [4.69, 9.17) is 4.74 Å². The van der Waals surface area contributed by atoms with E-state index in [2.05, 4.69) is 89.1 Å². The van der Waals surface area contributed by atoms with Crippen molar-refractivity contribution in [1.82, 2.24) is 4.90 Å². The van der Waals surface area contributed by atoms with Crippen molar-refractivity contribution in [2.24, 2.45) is 0 Å². The van der Waals surface area contributed by atoms with Gasteiger partial charge in [-0.3, -0.25) is 0 Å². The lowest BCUT2D eigenvalue weighted by molar-refractivity contribution is 0.0902. The molecule has 2 unspecified atom stereocenters. The van der Waals surface area contributed by atoms with Crippen molar-refractivity contribution in [2.75, 3.05) is 20.1 Å². The number of halogens is 1. The first-order valence-electron chi connectivity index (χ1n) is 7.38. The molecule has 2 aromatic carbocycles. The molecule has 1 aliphatic heterocycles. The summed E-state index contributed by atoms with van der Waals surface area (Å²) in [5.41, 5.74) is 1.37. The van der Waals surface area contributed by atoms with Crippen molar-refractivity contribution >= 4 is 22.6 Å². The molecule has 0 saturated carbocycles. The molecule has 0 N–H and O–H groups in total. The third-order valence-electron chi connectivity index (χ3n) is 4.08. The van der Waals surface area contributed by atoms with E-state index in [1.165, 1.54) is 9.13 Å². The lowest BCUT2D eigenvalue weighted by Gasteiger charge is -2.37. The van der Waals surface area contributed by atoms with Crippen LogP contribution in [0.1, 0.15) is 17.9 Å². The van der Waals surface area contributed by atoms with Gasteiger partial charge in [-0.05, 0) is 65.9 Å². The number of likely N-dealkylation sites (N-methyl/N-ethyl adjacent to an activating group) is 1. The fourth-order valence-electron chi connectivity index (χ4n) is 2.94. The van der Waals surface area contributed by atoms with Crippen molar-refractivity contribution < 1.29 is 4.74 Å². The number of ether oxygens (including phenoxy) is 1. The van der Waals surface area contributed by atoms with Gasteiger partial charge in [-0.15, -0.1) is 0 Å². The predicted octanol–water partition coefficient (Wildman–Crippen LogP) is 4.16. The number of likely N-dealkylation sites (tertiary alicyclic amines) is 1. The summed E-state index contributed by atoms with van der Waals surface area (Å²) < 4.78 is 7.53. The maximum atomic E-state index is 6.30. The molecule has 0 bridgehead atoms. The summed E-state index contributed by atoms with van der Waals surface area (Å²) in [5, 5.41) is 0. The van der Waals surface area contributed by atoms with Crippen LogP contribution in [0.3, 0.4) is 0 Å². The van der Waals surface area contributed by atoms with Crippen LogP contribution in [0.2, 0.25) is 0 Å². The highest BCUT2D eigenvalue weighted by Gasteiger charge is 2.30. The molecule has 3 heteroatoms. The first kappa shape index (κ1) is 14.9. The van der Waals surface area contributed by atoms with Crippen LogP contribution in [0.15, 0.2) is 54.6 Å². The lowest BCUT2D eigenvalue weighted by atomic mass is 9.88. The molecule has 1 aliphatic rings. The van der Waals surface area contributed by atoms with Gasteiger partial charge in [0.2, 0.25) is 0 Å². The number of piperidine rings is 1. The Hall–Kier alpha value is -1.07. The van der Waals surface area contributed by atoms with Crippen LogP contribution in [0, 0.1) is 3.57 Å². The minimum Gasteiger partial charge on any atom is -0.490 e. The Labute approximate surface area is 140 Å². The Morgan fingerprint density at radius 3 is 2.48 bits per heavy atom. The van der Waals surface area contributed by atoms with Crippen LogP contribution in [0.4, 0.5) is 0 Å². The molecule has 0 aliphatic carbocycles. The molecule has 21 heavy (non-hydrogen) atoms. The summed E-state index contributed by atoms with van der Waals surface area (Å²) in [6.07, 6.45) is 1.32. The summed E-state index contributed by atoms with van der Waals surface area (Å²) in [4.78, 5) is 2.39. The summed E-state index contributed by atoms with van der Waals surface area (Å²) >= 11 is 2.32. The van der Waals surface area contributed by atoms with E-state index in [1.807, 2.05) is 0 Å². The fraction of sp³-hybridized carbons (Fsp3) is 0.333. The molecule has 2 atom stereocenters. The first-order chi connectivity index (χ1) is 10.2. The number of hydrogen-bond acceptors (Lipinski definition) is 2. The topological polar surface area (TPSA) is 12.5 Å². The molecule has 0 radical (unpaired) electrons. The molecule has 1 fully saturated rings. The Kier molecular flexibility index (Phi) is 4.80. The van der Waals surface area contributed by atoms with Crippen molar-refractivity contribution in [3.8, 4) is 5.75 Å². The van der Waals surface area contributed by atoms with E-state index in [1.54, 1.807) is 0 Å². The van der Waals surface area contributed by atoms with Crippen LogP contribution in [0.25, 0.3) is 0 Å². The molecule has 0 spiro atoms. The minimum absolute atomic E-state index is 0.253. The largest absolute Gasteiger partial charge is 0.490 e. The highest BCUT2D eigenvalue weighted by Crippen LogP contribution is 2.30. The van der Waals surface area contributed by atoms with Crippen LogP contribution in [0.5, 0.6) is 5.75 Å². The van der Waals surface area contributed by atoms with E-state index >= 15 is 0 Å². The lowest BCUT2D eigenvalue weighted by Crippen LogP contribution is -2.42. The summed E-state index contributed by atoms with van der Waals surface area (Å²) in [7, 11) is 2.19. The van der Waals surface area contributed by atoms with Gasteiger partial charge >= 0.3 is 0 Å². The van der Waals surface area contributed by atoms with Gasteiger partial charge in [0, 0.05) is 22.6 Å². The Morgan fingerprint density at radius 2 is 1.76 bits per heavy atom. The van der Waals surface area contributed by atoms with Crippen molar-refractivity contribution in [3.05, 3.63) is 63.7 Å². The van der Waals surface area contributed by atoms with Gasteiger partial charge in [0.05, 0.1) is 0 Å². The number of nitrogens with zero attached hydrogens (tertiary/aromatic N) is 1. The highest BCUT2D eigenvalue weighted by molar-refractivity contribution is 14.1. The molecule has 2 aromatic rings. The molecule has 1 saturated heterocycles. The average Bonchev–Trinajstić information content (AvgIpc) is 2.52. The number of benzene rings is 2. The van der Waals surface area contributed by atoms with Gasteiger partial charge in [-0.25, -0.2) is 0 Å². The molecular weight excluding hydrogens is 373 g/mol. The maximum absolute atomic E-state index is 6.30. The number of hydrogen-bond donors (Lipinski definition) is 0. The van der Waals surface area contributed by atoms with E-state index in [0.717, 1.165) is 25.3 Å². The summed E-state index contributed by atoms with van der Waals surface area (Å²) in [6, 6.07) is 19.1. The standard InChI is InChI=1S/C18H20INO/c1-20-12-11-18(21-16-9-7-15(19)8-10-16)17(13-20)14-5-3-2-4-6-14/h2-10,17-18H,11-13H2,1H3. The Bertz CT molecular complexity index is 570. The molecule has 0 aromatic heterocycles. The van der Waals surface area contributed by atoms with Gasteiger partial charge in [0.25, 0.3) is 0 Å². The summed E-state index contributed by atoms with van der Waals surface area (Å²) in [6.45, 7) is 2.15. The monoisotopic (exact) mass is 393 g/mol. The van der Waals surface area contributed by atoms with Crippen LogP contribution in [-0.2, 0) is 0 Å². The van der Waals surface area contributed by atoms with Crippen molar-refractivity contribution in [2.45, 2.75) is 18.4 Å². The van der Waals surface area contributed by atoms with E-state index in [-0.39, 0.29) is 6.10 Å². The van der Waals surface area contributed by atoms with Gasteiger partial charge in [0.15, 0.2) is 0 Å². The second kappa shape index (κ2) is 6.79. The number of rotatable bonds is 3. The maximum Gasteiger partial charge on any atom is 0.119 e. The second-order valence-corrected chi connectivity index (χ2v) is 6.92. The average molecular weight is 393 g/mol. The third-order valence-corrected chi connectivity index (χ3v) is 4.80. The molecule has 0 amide bonds. The van der Waals surface area contributed by atoms with Gasteiger partial charge < -0.3 is 9.64 Å². The van der Waals surface area contributed by atoms with E-state index < -0.39 is 0 Å². The molecule has 110 valence electrons. The Morgan fingerprint density at radius 1 is 1.05 bits per heavy atom. The third kappa shape index (κ3) is 3.77. The zero-order valence-electron chi connectivity index (χ0n) is 12.2. The van der Waals surface area contributed by atoms with Crippen LogP contribution < -0.4 is 4.74 Å². The second-order valence-electron chi connectivity index (χ2n) is 5.68. The predicted molar refractivity (Wildman–Crippen MR) is 94.9 cm³/mol. The quantitative estimate of drug-likeness (QED) is 0.727. The highest BCUT2D eigenvalue weighted by atomic mass is 127. The van der Waals surface area contributed by atoms with Gasteiger partial charge in [-0.2, -0.15) is 0 Å². The minimum atomic E-state index is 0.253. The SMILES string of the molecule is CN1CCC(Oc2ccc(I)cc2)C(c2ccccc2)C1. The smallest absolute Gasteiger partial charge is 0.119 e. The van der Waals surface area contributed by atoms with Gasteiger partial charge in [-0.1, -0.05) is 30.3 Å². The zero-order valence-corrected chi connectivity index (χ0v) is 14.4. The summed E-state index contributed by atoms with van der Waals surface area (Å²) in [5.74, 6) is 1.41. The molecule has 3 rings (SSSR count). The molecule has 2 nitrogen and oxygen atoms in total. The zero-order chi connectivity index (χ0) is 14.7. The van der Waals surface area contributed by atoms with Crippen molar-refractivity contribution in [1.29, 1.82) is 0 Å². The fourth-order valence-corrected chi connectivity index (χ4v) is 3.30. The Balaban J connectivity index is 1.79. The van der Waals surface area contributed by atoms with E-state index in [9.17, 15) is 0 Å².